The van der Waals surface area contributed by atoms with Crippen molar-refractivity contribution in [1.82, 2.24) is 0 Å². The van der Waals surface area contributed by atoms with Crippen LogP contribution in [0.3, 0.4) is 0 Å². The molecule has 0 saturated heterocycles. The molecule has 6 nitrogen and oxygen atoms in total. The quantitative estimate of drug-likeness (QED) is 0.119. The normalized spacial score (nSPS) is 10.7. The number of esters is 1. The van der Waals surface area contributed by atoms with Crippen LogP contribution in [0.25, 0.3) is 6.08 Å². The van der Waals surface area contributed by atoms with E-state index in [9.17, 15) is 14.7 Å². The molecule has 0 saturated carbocycles. The van der Waals surface area contributed by atoms with Crippen LogP contribution in [0.2, 0.25) is 0 Å². The van der Waals surface area contributed by atoms with Gasteiger partial charge in [0.15, 0.2) is 17.3 Å². The molecule has 0 amide bonds. The number of aromatic hydroxyl groups is 1. The first-order chi connectivity index (χ1) is 18.0. The van der Waals surface area contributed by atoms with E-state index in [1.165, 1.54) is 31.2 Å². The van der Waals surface area contributed by atoms with Crippen LogP contribution < -0.4 is 14.2 Å². The lowest BCUT2D eigenvalue weighted by Crippen LogP contribution is -2.07. The molecule has 4 aromatic carbocycles. The van der Waals surface area contributed by atoms with Crippen LogP contribution in [0.5, 0.6) is 23.0 Å². The summed E-state index contributed by atoms with van der Waals surface area (Å²) in [7, 11) is 0. The van der Waals surface area contributed by atoms with Crippen molar-refractivity contribution in [3.05, 3.63) is 125 Å². The summed E-state index contributed by atoms with van der Waals surface area (Å²) in [5.41, 5.74) is 2.68. The number of phenolic OH excluding ortho intramolecular Hbond substituents is 1. The summed E-state index contributed by atoms with van der Waals surface area (Å²) in [5, 5.41) is 9.93. The smallest absolute Gasteiger partial charge is 0.336 e. The van der Waals surface area contributed by atoms with Crippen LogP contribution in [0.4, 0.5) is 0 Å². The molecular weight excluding hydrogens is 468 g/mol. The monoisotopic (exact) mass is 494 g/mol. The third kappa shape index (κ3) is 7.08. The highest BCUT2D eigenvalue weighted by Crippen LogP contribution is 2.31. The molecule has 0 aliphatic heterocycles. The third-order valence-electron chi connectivity index (χ3n) is 5.42. The molecule has 0 aliphatic rings. The zero-order chi connectivity index (χ0) is 26.0. The molecule has 1 N–H and O–H groups in total. The number of ether oxygens (including phenoxy) is 3. The zero-order valence-corrected chi connectivity index (χ0v) is 20.3. The van der Waals surface area contributed by atoms with Gasteiger partial charge in [-0.15, -0.1) is 0 Å². The first kappa shape index (κ1) is 25.3. The van der Waals surface area contributed by atoms with E-state index in [1.54, 1.807) is 24.3 Å². The van der Waals surface area contributed by atoms with E-state index in [4.69, 9.17) is 14.2 Å². The number of Topliss-reactive ketones (excluding diaryl/α,β-unsaturated/α-hetero) is 1. The fraction of sp³-hybridized carbons (Fsp3) is 0.0968. The van der Waals surface area contributed by atoms with Gasteiger partial charge in [0.05, 0.1) is 0 Å². The first-order valence-electron chi connectivity index (χ1n) is 11.7. The van der Waals surface area contributed by atoms with Gasteiger partial charge >= 0.3 is 5.97 Å². The molecule has 0 heterocycles. The Kier molecular flexibility index (Phi) is 8.34. The van der Waals surface area contributed by atoms with E-state index in [-0.39, 0.29) is 17.1 Å². The molecule has 6 heteroatoms. The molecule has 0 aromatic heterocycles. The molecule has 0 atom stereocenters. The first-order valence-corrected chi connectivity index (χ1v) is 11.7. The number of carbonyl (C=O) groups is 2. The van der Waals surface area contributed by atoms with Gasteiger partial charge in [-0.2, -0.15) is 0 Å². The molecular formula is C31H26O6. The van der Waals surface area contributed by atoms with Crippen molar-refractivity contribution in [2.24, 2.45) is 0 Å². The minimum Gasteiger partial charge on any atom is -0.507 e. The highest BCUT2D eigenvalue weighted by molar-refractivity contribution is 6.00. The van der Waals surface area contributed by atoms with E-state index in [2.05, 4.69) is 0 Å². The number of carbonyl (C=O) groups excluding carboxylic acids is 2. The van der Waals surface area contributed by atoms with E-state index in [0.29, 0.717) is 30.3 Å². The fourth-order valence-corrected chi connectivity index (χ4v) is 3.60. The van der Waals surface area contributed by atoms with Crippen LogP contribution in [-0.2, 0) is 18.0 Å². The Morgan fingerprint density at radius 3 is 1.97 bits per heavy atom. The predicted octanol–water partition coefficient (Wildman–Crippen LogP) is 6.37. The number of rotatable bonds is 10. The summed E-state index contributed by atoms with van der Waals surface area (Å²) >= 11 is 0. The maximum Gasteiger partial charge on any atom is 0.336 e. The lowest BCUT2D eigenvalue weighted by Gasteiger charge is -2.14. The third-order valence-corrected chi connectivity index (χ3v) is 5.42. The van der Waals surface area contributed by atoms with Crippen molar-refractivity contribution < 1.29 is 28.9 Å². The van der Waals surface area contributed by atoms with E-state index in [0.717, 1.165) is 11.1 Å². The number of hydrogen-bond donors (Lipinski definition) is 1. The minimum atomic E-state index is -0.691. The van der Waals surface area contributed by atoms with Gasteiger partial charge in [0, 0.05) is 6.08 Å². The lowest BCUT2D eigenvalue weighted by atomic mass is 10.1. The number of ketones is 1. The average molecular weight is 495 g/mol. The molecule has 0 unspecified atom stereocenters. The minimum absolute atomic E-state index is 0.00121. The van der Waals surface area contributed by atoms with Gasteiger partial charge < -0.3 is 19.3 Å². The van der Waals surface area contributed by atoms with E-state index < -0.39 is 11.8 Å². The Morgan fingerprint density at radius 1 is 0.730 bits per heavy atom. The summed E-state index contributed by atoms with van der Waals surface area (Å²) in [4.78, 5) is 24.3. The summed E-state index contributed by atoms with van der Waals surface area (Å²) in [6.45, 7) is 2.02. The average Bonchev–Trinajstić information content (AvgIpc) is 2.91. The Labute approximate surface area is 215 Å². The molecule has 0 radical (unpaired) electrons. The molecule has 0 fully saturated rings. The highest BCUT2D eigenvalue weighted by Gasteiger charge is 2.15. The Morgan fingerprint density at radius 2 is 1.35 bits per heavy atom. The zero-order valence-electron chi connectivity index (χ0n) is 20.3. The maximum absolute atomic E-state index is 12.4. The predicted molar refractivity (Wildman–Crippen MR) is 141 cm³/mol. The topological polar surface area (TPSA) is 82.1 Å². The second-order valence-electron chi connectivity index (χ2n) is 8.22. The summed E-state index contributed by atoms with van der Waals surface area (Å²) in [6, 6.07) is 29.3. The second-order valence-corrected chi connectivity index (χ2v) is 8.22. The van der Waals surface area contributed by atoms with Crippen molar-refractivity contribution in [1.29, 1.82) is 0 Å². The van der Waals surface area contributed by atoms with Crippen LogP contribution in [0.1, 0.15) is 34.0 Å². The van der Waals surface area contributed by atoms with Crippen LogP contribution in [-0.4, -0.2) is 16.9 Å². The summed E-state index contributed by atoms with van der Waals surface area (Å²) in [6.07, 6.45) is 2.82. The Balaban J connectivity index is 1.50. The van der Waals surface area contributed by atoms with Crippen LogP contribution in [0, 0.1) is 0 Å². The van der Waals surface area contributed by atoms with E-state index in [1.807, 2.05) is 60.7 Å². The van der Waals surface area contributed by atoms with Crippen molar-refractivity contribution in [2.45, 2.75) is 20.1 Å². The second kappa shape index (κ2) is 12.2. The maximum atomic E-state index is 12.4. The molecule has 186 valence electrons. The standard InChI is InChI=1S/C31H26O6/c1-22(32)31-26(33)13-8-14-28(31)37-30(34)18-16-23-15-17-27(35-20-24-9-4-2-5-10-24)29(19-23)36-21-25-11-6-3-7-12-25/h2-19,33H,20-21H2,1H3/b18-16+. The molecule has 37 heavy (non-hydrogen) atoms. The summed E-state index contributed by atoms with van der Waals surface area (Å²) < 4.78 is 17.4. The number of benzene rings is 4. The molecule has 4 aromatic rings. The van der Waals surface area contributed by atoms with Gasteiger partial charge in [-0.3, -0.25) is 4.79 Å². The van der Waals surface area contributed by atoms with Crippen molar-refractivity contribution in [3.8, 4) is 23.0 Å². The molecule has 4 rings (SSSR count). The van der Waals surface area contributed by atoms with Gasteiger partial charge in [0.2, 0.25) is 0 Å². The Hall–Kier alpha value is -4.84. The highest BCUT2D eigenvalue weighted by atomic mass is 16.5. The van der Waals surface area contributed by atoms with Crippen LogP contribution in [0.15, 0.2) is 103 Å². The van der Waals surface area contributed by atoms with Crippen molar-refractivity contribution in [3.63, 3.8) is 0 Å². The van der Waals surface area contributed by atoms with Crippen molar-refractivity contribution in [2.75, 3.05) is 0 Å². The molecule has 0 aliphatic carbocycles. The lowest BCUT2D eigenvalue weighted by molar-refractivity contribution is -0.128. The number of hydrogen-bond acceptors (Lipinski definition) is 6. The van der Waals surface area contributed by atoms with Gasteiger partial charge in [-0.05, 0) is 54.0 Å². The van der Waals surface area contributed by atoms with Crippen LogP contribution >= 0.6 is 0 Å². The van der Waals surface area contributed by atoms with Gasteiger partial charge in [0.25, 0.3) is 0 Å². The van der Waals surface area contributed by atoms with Gasteiger partial charge in [-0.1, -0.05) is 72.8 Å². The molecule has 0 bridgehead atoms. The van der Waals surface area contributed by atoms with Gasteiger partial charge in [0.1, 0.15) is 30.3 Å². The van der Waals surface area contributed by atoms with Gasteiger partial charge in [-0.25, -0.2) is 4.79 Å². The number of phenols is 1. The van der Waals surface area contributed by atoms with E-state index >= 15 is 0 Å². The van der Waals surface area contributed by atoms with Crippen molar-refractivity contribution >= 4 is 17.8 Å². The molecule has 0 spiro atoms. The fourth-order valence-electron chi connectivity index (χ4n) is 3.60. The Bertz CT molecular complexity index is 1390. The SMILES string of the molecule is CC(=O)c1c(O)cccc1OC(=O)/C=C/c1ccc(OCc2ccccc2)c(OCc2ccccc2)c1. The largest absolute Gasteiger partial charge is 0.507 e. The summed E-state index contributed by atoms with van der Waals surface area (Å²) in [5.74, 6) is -0.236.